The highest BCUT2D eigenvalue weighted by molar-refractivity contribution is 6.06. The van der Waals surface area contributed by atoms with Gasteiger partial charge in [0.2, 0.25) is 0 Å². The van der Waals surface area contributed by atoms with Crippen molar-refractivity contribution >= 4 is 23.2 Å². The molecule has 0 bridgehead atoms. The number of nitrogens with zero attached hydrogens (tertiary/aromatic N) is 2. The standard InChI is InChI=1S/C29H39N3O2/c1-3-4-5-8-23-9-11-24(12-10-23)28(33)30-25-13-14-27(31-19-15-22(2)16-20-31)26(21-25)29(34)32-17-6-7-18-32/h9-14,21-22H,3-8,15-20H2,1-2H3,(H,30,33). The number of likely N-dealkylation sites (tertiary alicyclic amines) is 1. The molecule has 0 atom stereocenters. The van der Waals surface area contributed by atoms with E-state index in [1.165, 1.54) is 24.8 Å². The minimum atomic E-state index is -0.140. The van der Waals surface area contributed by atoms with Crippen LogP contribution in [0.2, 0.25) is 0 Å². The number of rotatable bonds is 8. The van der Waals surface area contributed by atoms with Gasteiger partial charge in [0.1, 0.15) is 0 Å². The lowest BCUT2D eigenvalue weighted by Crippen LogP contribution is -2.35. The van der Waals surface area contributed by atoms with Crippen LogP contribution in [0.5, 0.6) is 0 Å². The Morgan fingerprint density at radius 3 is 2.32 bits per heavy atom. The summed E-state index contributed by atoms with van der Waals surface area (Å²) in [6.07, 6.45) is 9.08. The van der Waals surface area contributed by atoms with E-state index in [1.807, 2.05) is 47.4 Å². The van der Waals surface area contributed by atoms with Crippen LogP contribution in [0.4, 0.5) is 11.4 Å². The zero-order valence-corrected chi connectivity index (χ0v) is 20.8. The van der Waals surface area contributed by atoms with Crippen LogP contribution in [0.1, 0.15) is 85.1 Å². The highest BCUT2D eigenvalue weighted by Gasteiger charge is 2.26. The molecule has 2 saturated heterocycles. The van der Waals surface area contributed by atoms with Gasteiger partial charge in [-0.1, -0.05) is 38.8 Å². The van der Waals surface area contributed by atoms with Gasteiger partial charge in [-0.25, -0.2) is 0 Å². The third kappa shape index (κ3) is 5.99. The normalized spacial score (nSPS) is 16.6. The van der Waals surface area contributed by atoms with Crippen LogP contribution >= 0.6 is 0 Å². The summed E-state index contributed by atoms with van der Waals surface area (Å²) in [7, 11) is 0. The number of carbonyl (C=O) groups excluding carboxylic acids is 2. The maximum absolute atomic E-state index is 13.4. The van der Waals surface area contributed by atoms with Crippen molar-refractivity contribution in [2.24, 2.45) is 5.92 Å². The molecule has 0 aromatic heterocycles. The van der Waals surface area contributed by atoms with Gasteiger partial charge in [-0.05, 0) is 80.3 Å². The third-order valence-corrected chi connectivity index (χ3v) is 7.29. The van der Waals surface area contributed by atoms with Gasteiger partial charge in [0.25, 0.3) is 11.8 Å². The van der Waals surface area contributed by atoms with Gasteiger partial charge < -0.3 is 15.1 Å². The van der Waals surface area contributed by atoms with Gasteiger partial charge in [-0.3, -0.25) is 9.59 Å². The van der Waals surface area contributed by atoms with Crippen LogP contribution < -0.4 is 10.2 Å². The number of hydrogen-bond donors (Lipinski definition) is 1. The second-order valence-corrected chi connectivity index (χ2v) is 10.0. The van der Waals surface area contributed by atoms with Gasteiger partial charge in [-0.15, -0.1) is 0 Å². The summed E-state index contributed by atoms with van der Waals surface area (Å²) in [6.45, 7) is 8.07. The van der Waals surface area contributed by atoms with Crippen molar-refractivity contribution in [3.8, 4) is 0 Å². The van der Waals surface area contributed by atoms with E-state index in [-0.39, 0.29) is 11.8 Å². The highest BCUT2D eigenvalue weighted by Crippen LogP contribution is 2.30. The molecule has 4 rings (SSSR count). The monoisotopic (exact) mass is 461 g/mol. The summed E-state index contributed by atoms with van der Waals surface area (Å²) in [5.41, 5.74) is 4.29. The molecule has 1 N–H and O–H groups in total. The Kier molecular flexibility index (Phi) is 8.25. The first-order valence-corrected chi connectivity index (χ1v) is 13.1. The second kappa shape index (κ2) is 11.5. The number of anilines is 2. The molecule has 0 unspecified atom stereocenters. The molecule has 5 heteroatoms. The van der Waals surface area contributed by atoms with Gasteiger partial charge in [0.05, 0.1) is 5.56 Å². The Bertz CT molecular complexity index is 971. The molecule has 34 heavy (non-hydrogen) atoms. The summed E-state index contributed by atoms with van der Waals surface area (Å²) in [4.78, 5) is 30.6. The predicted molar refractivity (Wildman–Crippen MR) is 140 cm³/mol. The zero-order chi connectivity index (χ0) is 23.9. The first kappa shape index (κ1) is 24.3. The molecule has 2 aromatic rings. The average Bonchev–Trinajstić information content (AvgIpc) is 3.40. The van der Waals surface area contributed by atoms with E-state index in [0.717, 1.165) is 69.9 Å². The maximum atomic E-state index is 13.4. The molecule has 2 aromatic carbocycles. The zero-order valence-electron chi connectivity index (χ0n) is 20.8. The predicted octanol–water partition coefficient (Wildman–Crippen LogP) is 6.14. The van der Waals surface area contributed by atoms with Crippen molar-refractivity contribution in [2.75, 3.05) is 36.4 Å². The first-order chi connectivity index (χ1) is 16.5. The molecule has 2 amide bonds. The Morgan fingerprint density at radius 2 is 1.65 bits per heavy atom. The van der Waals surface area contributed by atoms with E-state index in [4.69, 9.17) is 0 Å². The number of carbonyl (C=O) groups is 2. The molecule has 2 aliphatic heterocycles. The quantitative estimate of drug-likeness (QED) is 0.480. The molecule has 0 radical (unpaired) electrons. The second-order valence-electron chi connectivity index (χ2n) is 10.0. The maximum Gasteiger partial charge on any atom is 0.256 e. The van der Waals surface area contributed by atoms with Gasteiger partial charge in [0, 0.05) is 43.1 Å². The SMILES string of the molecule is CCCCCc1ccc(C(=O)Nc2ccc(N3CCC(C)CC3)c(C(=O)N3CCCC3)c2)cc1. The number of nitrogens with one attached hydrogen (secondary N) is 1. The minimum absolute atomic E-state index is 0.0821. The average molecular weight is 462 g/mol. The van der Waals surface area contributed by atoms with E-state index in [0.29, 0.717) is 16.8 Å². The van der Waals surface area contributed by atoms with Crippen LogP contribution in [0.3, 0.4) is 0 Å². The Hall–Kier alpha value is -2.82. The van der Waals surface area contributed by atoms with E-state index in [9.17, 15) is 9.59 Å². The molecular weight excluding hydrogens is 422 g/mol. The number of piperidine rings is 1. The van der Waals surface area contributed by atoms with E-state index in [2.05, 4.69) is 24.1 Å². The van der Waals surface area contributed by atoms with Gasteiger partial charge >= 0.3 is 0 Å². The molecule has 0 saturated carbocycles. The van der Waals surface area contributed by atoms with Crippen LogP contribution in [-0.2, 0) is 6.42 Å². The van der Waals surface area contributed by atoms with Crippen molar-refractivity contribution in [3.63, 3.8) is 0 Å². The summed E-state index contributed by atoms with van der Waals surface area (Å²) in [5.74, 6) is 0.670. The smallest absolute Gasteiger partial charge is 0.256 e. The van der Waals surface area contributed by atoms with Crippen LogP contribution in [0.15, 0.2) is 42.5 Å². The number of unbranched alkanes of at least 4 members (excludes halogenated alkanes) is 2. The van der Waals surface area contributed by atoms with Crippen LogP contribution in [0, 0.1) is 5.92 Å². The van der Waals surface area contributed by atoms with Crippen molar-refractivity contribution in [1.29, 1.82) is 0 Å². The molecule has 2 aliphatic rings. The fourth-order valence-corrected chi connectivity index (χ4v) is 5.01. The molecule has 0 aliphatic carbocycles. The first-order valence-electron chi connectivity index (χ1n) is 13.1. The third-order valence-electron chi connectivity index (χ3n) is 7.29. The number of benzene rings is 2. The van der Waals surface area contributed by atoms with E-state index < -0.39 is 0 Å². The largest absolute Gasteiger partial charge is 0.371 e. The van der Waals surface area contributed by atoms with Crippen molar-refractivity contribution in [1.82, 2.24) is 4.90 Å². The molecule has 182 valence electrons. The van der Waals surface area contributed by atoms with Crippen LogP contribution in [0.25, 0.3) is 0 Å². The van der Waals surface area contributed by atoms with E-state index in [1.54, 1.807) is 0 Å². The number of aryl methyl sites for hydroxylation is 1. The molecule has 2 heterocycles. The van der Waals surface area contributed by atoms with Crippen molar-refractivity contribution in [3.05, 3.63) is 59.2 Å². The fourth-order valence-electron chi connectivity index (χ4n) is 5.01. The lowest BCUT2D eigenvalue weighted by atomic mass is 9.97. The Morgan fingerprint density at radius 1 is 0.941 bits per heavy atom. The van der Waals surface area contributed by atoms with Crippen molar-refractivity contribution < 1.29 is 9.59 Å². The Balaban J connectivity index is 1.50. The summed E-state index contributed by atoms with van der Waals surface area (Å²) in [6, 6.07) is 13.7. The lowest BCUT2D eigenvalue weighted by Gasteiger charge is -2.34. The molecule has 5 nitrogen and oxygen atoms in total. The number of amides is 2. The Labute approximate surface area is 204 Å². The fraction of sp³-hybridized carbons (Fsp3) is 0.517. The molecular formula is C29H39N3O2. The summed E-state index contributed by atoms with van der Waals surface area (Å²) < 4.78 is 0. The van der Waals surface area contributed by atoms with Gasteiger partial charge in [-0.2, -0.15) is 0 Å². The lowest BCUT2D eigenvalue weighted by molar-refractivity contribution is 0.0793. The van der Waals surface area contributed by atoms with E-state index >= 15 is 0 Å². The number of hydrogen-bond acceptors (Lipinski definition) is 3. The summed E-state index contributed by atoms with van der Waals surface area (Å²) in [5, 5.41) is 3.02. The summed E-state index contributed by atoms with van der Waals surface area (Å²) >= 11 is 0. The van der Waals surface area contributed by atoms with Crippen molar-refractivity contribution in [2.45, 2.75) is 65.2 Å². The van der Waals surface area contributed by atoms with Gasteiger partial charge in [0.15, 0.2) is 0 Å². The molecule has 2 fully saturated rings. The minimum Gasteiger partial charge on any atom is -0.371 e. The highest BCUT2D eigenvalue weighted by atomic mass is 16.2. The van der Waals surface area contributed by atoms with Crippen LogP contribution in [-0.4, -0.2) is 42.9 Å². The molecule has 0 spiro atoms. The topological polar surface area (TPSA) is 52.7 Å².